The Bertz CT molecular complexity index is 676. The van der Waals surface area contributed by atoms with E-state index in [0.717, 1.165) is 0 Å². The third kappa shape index (κ3) is 3.13. The summed E-state index contributed by atoms with van der Waals surface area (Å²) < 4.78 is 32.6. The zero-order chi connectivity index (χ0) is 16.5. The molecular formula is C14H18BrNO5S. The fourth-order valence-corrected chi connectivity index (χ4v) is 5.36. The fourth-order valence-electron chi connectivity index (χ4n) is 2.72. The van der Waals surface area contributed by atoms with E-state index in [9.17, 15) is 18.3 Å². The highest BCUT2D eigenvalue weighted by Crippen LogP contribution is 2.34. The number of sulfonamides is 1. The smallest absolute Gasteiger partial charge is 0.308 e. The maximum Gasteiger partial charge on any atom is 0.308 e. The lowest BCUT2D eigenvalue weighted by Crippen LogP contribution is -2.49. The predicted octanol–water partition coefficient (Wildman–Crippen LogP) is 2.33. The van der Waals surface area contributed by atoms with E-state index in [1.54, 1.807) is 19.1 Å². The first kappa shape index (κ1) is 17.2. The summed E-state index contributed by atoms with van der Waals surface area (Å²) in [4.78, 5) is 11.4. The van der Waals surface area contributed by atoms with Crippen molar-refractivity contribution in [3.63, 3.8) is 0 Å². The summed E-state index contributed by atoms with van der Waals surface area (Å²) in [6, 6.07) is 4.11. The molecule has 1 saturated heterocycles. The molecule has 1 heterocycles. The van der Waals surface area contributed by atoms with E-state index < -0.39 is 28.0 Å². The van der Waals surface area contributed by atoms with Gasteiger partial charge in [0.25, 0.3) is 0 Å². The highest BCUT2D eigenvalue weighted by molar-refractivity contribution is 9.10. The highest BCUT2D eigenvalue weighted by Gasteiger charge is 2.40. The molecule has 0 aliphatic carbocycles. The Morgan fingerprint density at radius 2 is 2.14 bits per heavy atom. The molecule has 0 saturated carbocycles. The van der Waals surface area contributed by atoms with Gasteiger partial charge in [0.05, 0.1) is 13.0 Å². The minimum atomic E-state index is -3.80. The number of benzene rings is 1. The van der Waals surface area contributed by atoms with Crippen LogP contribution in [0.2, 0.25) is 0 Å². The van der Waals surface area contributed by atoms with Crippen LogP contribution in [0.3, 0.4) is 0 Å². The third-order valence-corrected chi connectivity index (χ3v) is 6.95. The Balaban J connectivity index is 2.43. The minimum Gasteiger partial charge on any atom is -0.497 e. The molecule has 1 aliphatic heterocycles. The molecule has 2 rings (SSSR count). The van der Waals surface area contributed by atoms with E-state index in [0.29, 0.717) is 29.6 Å². The Labute approximate surface area is 138 Å². The Kier molecular flexibility index (Phi) is 5.14. The van der Waals surface area contributed by atoms with Crippen LogP contribution in [0.4, 0.5) is 0 Å². The fraction of sp³-hybridized carbons (Fsp3) is 0.500. The van der Waals surface area contributed by atoms with Crippen molar-refractivity contribution in [2.24, 2.45) is 5.92 Å². The normalized spacial score (nSPS) is 23.2. The number of carboxylic acid groups (broad SMARTS) is 1. The molecule has 0 spiro atoms. The van der Waals surface area contributed by atoms with Gasteiger partial charge in [-0.15, -0.1) is 0 Å². The molecule has 0 radical (unpaired) electrons. The first-order valence-electron chi connectivity index (χ1n) is 6.87. The molecule has 6 nitrogen and oxygen atoms in total. The lowest BCUT2D eigenvalue weighted by atomic mass is 9.92. The van der Waals surface area contributed by atoms with Gasteiger partial charge in [-0.3, -0.25) is 4.79 Å². The van der Waals surface area contributed by atoms with Crippen LogP contribution in [0.25, 0.3) is 0 Å². The minimum absolute atomic E-state index is 0.0877. The summed E-state index contributed by atoms with van der Waals surface area (Å²) in [6.07, 6.45) is 1.02. The van der Waals surface area contributed by atoms with Gasteiger partial charge in [0.15, 0.2) is 0 Å². The van der Waals surface area contributed by atoms with Crippen molar-refractivity contribution in [3.05, 3.63) is 22.7 Å². The summed E-state index contributed by atoms with van der Waals surface area (Å²) in [5.41, 5.74) is 0. The average Bonchev–Trinajstić information content (AvgIpc) is 2.47. The molecule has 1 aromatic carbocycles. The first-order valence-corrected chi connectivity index (χ1v) is 9.10. The number of rotatable bonds is 4. The molecular weight excluding hydrogens is 374 g/mol. The Morgan fingerprint density at radius 3 is 2.73 bits per heavy atom. The zero-order valence-electron chi connectivity index (χ0n) is 12.3. The lowest BCUT2D eigenvalue weighted by molar-refractivity contribution is -0.144. The quantitative estimate of drug-likeness (QED) is 0.851. The number of hydrogen-bond donors (Lipinski definition) is 1. The van der Waals surface area contributed by atoms with Gasteiger partial charge in [-0.2, -0.15) is 4.31 Å². The molecule has 122 valence electrons. The molecule has 8 heteroatoms. The number of aliphatic carboxylic acids is 1. The van der Waals surface area contributed by atoms with Crippen molar-refractivity contribution in [2.45, 2.75) is 30.7 Å². The van der Waals surface area contributed by atoms with Gasteiger partial charge in [-0.05, 0) is 47.8 Å². The van der Waals surface area contributed by atoms with Gasteiger partial charge in [0, 0.05) is 23.1 Å². The van der Waals surface area contributed by atoms with Gasteiger partial charge >= 0.3 is 5.97 Å². The van der Waals surface area contributed by atoms with Crippen molar-refractivity contribution in [2.75, 3.05) is 13.7 Å². The molecule has 2 atom stereocenters. The molecule has 0 bridgehead atoms. The topological polar surface area (TPSA) is 83.9 Å². The average molecular weight is 392 g/mol. The number of halogens is 1. The first-order chi connectivity index (χ1) is 10.3. The molecule has 0 unspecified atom stereocenters. The molecule has 1 fully saturated rings. The SMILES string of the molecule is COc1ccc(Br)c(S(=O)(=O)N2CCC[C@H](C(=O)O)[C@@H]2C)c1. The van der Waals surface area contributed by atoms with Crippen LogP contribution in [0, 0.1) is 5.92 Å². The zero-order valence-corrected chi connectivity index (χ0v) is 14.7. The van der Waals surface area contributed by atoms with Crippen LogP contribution in [-0.4, -0.2) is 43.5 Å². The van der Waals surface area contributed by atoms with Crippen molar-refractivity contribution in [3.8, 4) is 5.75 Å². The number of methoxy groups -OCH3 is 1. The Hall–Kier alpha value is -1.12. The van der Waals surface area contributed by atoms with Crippen LogP contribution in [0.1, 0.15) is 19.8 Å². The second-order valence-corrected chi connectivity index (χ2v) is 7.95. The van der Waals surface area contributed by atoms with Gasteiger partial charge < -0.3 is 9.84 Å². The van der Waals surface area contributed by atoms with Gasteiger partial charge in [0.2, 0.25) is 10.0 Å². The summed E-state index contributed by atoms with van der Waals surface area (Å²) in [6.45, 7) is 1.96. The van der Waals surface area contributed by atoms with E-state index in [1.807, 2.05) is 0 Å². The van der Waals surface area contributed by atoms with Crippen molar-refractivity contribution < 1.29 is 23.1 Å². The summed E-state index contributed by atoms with van der Waals surface area (Å²) in [5, 5.41) is 9.25. The van der Waals surface area contributed by atoms with Crippen LogP contribution in [-0.2, 0) is 14.8 Å². The van der Waals surface area contributed by atoms with Gasteiger partial charge in [-0.25, -0.2) is 8.42 Å². The highest BCUT2D eigenvalue weighted by atomic mass is 79.9. The Morgan fingerprint density at radius 1 is 1.45 bits per heavy atom. The maximum atomic E-state index is 12.9. The number of carbonyl (C=O) groups is 1. The number of carboxylic acids is 1. The standard InChI is InChI=1S/C14H18BrNO5S/c1-9-11(14(17)18)4-3-7-16(9)22(19,20)13-8-10(21-2)5-6-12(13)15/h5-6,8-9,11H,3-4,7H2,1-2H3,(H,17,18)/t9-,11-/m0/s1. The third-order valence-electron chi connectivity index (χ3n) is 3.97. The number of nitrogens with zero attached hydrogens (tertiary/aromatic N) is 1. The van der Waals surface area contributed by atoms with Crippen LogP contribution >= 0.6 is 15.9 Å². The molecule has 22 heavy (non-hydrogen) atoms. The summed E-state index contributed by atoms with van der Waals surface area (Å²) >= 11 is 3.25. The maximum absolute atomic E-state index is 12.9. The van der Waals surface area contributed by atoms with Crippen molar-refractivity contribution >= 4 is 31.9 Å². The number of ether oxygens (including phenoxy) is 1. The summed E-state index contributed by atoms with van der Waals surface area (Å²) in [5.74, 6) is -1.22. The monoisotopic (exact) mass is 391 g/mol. The van der Waals surface area contributed by atoms with Crippen molar-refractivity contribution in [1.29, 1.82) is 0 Å². The van der Waals surface area contributed by atoms with Crippen LogP contribution in [0.15, 0.2) is 27.6 Å². The van der Waals surface area contributed by atoms with E-state index >= 15 is 0 Å². The molecule has 1 aromatic rings. The van der Waals surface area contributed by atoms with E-state index in [-0.39, 0.29) is 4.90 Å². The predicted molar refractivity (Wildman–Crippen MR) is 84.4 cm³/mol. The molecule has 1 aliphatic rings. The molecule has 0 amide bonds. The molecule has 1 N–H and O–H groups in total. The summed E-state index contributed by atoms with van der Waals surface area (Å²) in [7, 11) is -2.34. The van der Waals surface area contributed by atoms with Gasteiger partial charge in [-0.1, -0.05) is 0 Å². The second-order valence-electron chi connectivity index (χ2n) is 5.24. The van der Waals surface area contributed by atoms with E-state index in [2.05, 4.69) is 15.9 Å². The van der Waals surface area contributed by atoms with Crippen molar-refractivity contribution in [1.82, 2.24) is 4.31 Å². The second kappa shape index (κ2) is 6.55. The van der Waals surface area contributed by atoms with E-state index in [4.69, 9.17) is 4.74 Å². The number of hydrogen-bond acceptors (Lipinski definition) is 4. The molecule has 0 aromatic heterocycles. The number of piperidine rings is 1. The lowest BCUT2D eigenvalue weighted by Gasteiger charge is -2.36. The van der Waals surface area contributed by atoms with Gasteiger partial charge in [0.1, 0.15) is 10.6 Å². The van der Waals surface area contributed by atoms with E-state index in [1.165, 1.54) is 17.5 Å². The van der Waals surface area contributed by atoms with Crippen LogP contribution in [0.5, 0.6) is 5.75 Å². The van der Waals surface area contributed by atoms with Crippen LogP contribution < -0.4 is 4.74 Å². The largest absolute Gasteiger partial charge is 0.497 e.